The van der Waals surface area contributed by atoms with Crippen molar-refractivity contribution in [1.29, 1.82) is 0 Å². The maximum absolute atomic E-state index is 13.0. The first-order valence-electron chi connectivity index (χ1n) is 8.72. The summed E-state index contributed by atoms with van der Waals surface area (Å²) in [6.07, 6.45) is -2.78. The van der Waals surface area contributed by atoms with E-state index in [0.717, 1.165) is 12.3 Å². The molecule has 172 valence electrons. The third-order valence-corrected chi connectivity index (χ3v) is 5.22. The number of halogens is 4. The van der Waals surface area contributed by atoms with Crippen molar-refractivity contribution in [3.8, 4) is 5.75 Å². The molecular weight excluding hydrogens is 475 g/mol. The summed E-state index contributed by atoms with van der Waals surface area (Å²) in [5.41, 5.74) is 0.984. The van der Waals surface area contributed by atoms with Gasteiger partial charge in [-0.05, 0) is 48.0 Å². The first kappa shape index (κ1) is 25.1. The summed E-state index contributed by atoms with van der Waals surface area (Å²) in [4.78, 5) is 23.1. The highest BCUT2D eigenvalue weighted by Crippen LogP contribution is 2.36. The number of alkyl halides is 3. The lowest BCUT2D eigenvalue weighted by Crippen LogP contribution is -2.39. The first-order chi connectivity index (χ1) is 14.8. The molecule has 0 aromatic heterocycles. The van der Waals surface area contributed by atoms with Crippen LogP contribution < -0.4 is 14.5 Å². The highest BCUT2D eigenvalue weighted by atomic mass is 35.5. The van der Waals surface area contributed by atoms with E-state index in [9.17, 15) is 31.2 Å². The van der Waals surface area contributed by atoms with Crippen LogP contribution in [-0.4, -0.2) is 39.3 Å². The Morgan fingerprint density at radius 3 is 2.34 bits per heavy atom. The number of anilines is 1. The third kappa shape index (κ3) is 7.24. The first-order valence-corrected chi connectivity index (χ1v) is 10.9. The van der Waals surface area contributed by atoms with E-state index in [1.165, 1.54) is 25.3 Å². The maximum atomic E-state index is 13.0. The van der Waals surface area contributed by atoms with Gasteiger partial charge in [0, 0.05) is 6.92 Å². The number of sulfonamides is 1. The summed E-state index contributed by atoms with van der Waals surface area (Å²) in [6.45, 7) is 0.389. The zero-order valence-corrected chi connectivity index (χ0v) is 18.3. The second-order valence-electron chi connectivity index (χ2n) is 6.39. The van der Waals surface area contributed by atoms with Crippen LogP contribution >= 0.6 is 11.6 Å². The molecule has 0 heterocycles. The predicted molar refractivity (Wildman–Crippen MR) is 112 cm³/mol. The van der Waals surface area contributed by atoms with Crippen LogP contribution in [-0.2, 0) is 25.8 Å². The summed E-state index contributed by atoms with van der Waals surface area (Å²) >= 11 is 5.89. The molecule has 0 aliphatic rings. The Morgan fingerprint density at radius 1 is 1.19 bits per heavy atom. The molecule has 0 aliphatic carbocycles. The van der Waals surface area contributed by atoms with Crippen LogP contribution in [0.3, 0.4) is 0 Å². The quantitative estimate of drug-likeness (QED) is 0.277. The van der Waals surface area contributed by atoms with Gasteiger partial charge in [-0.25, -0.2) is 13.8 Å². The fraction of sp³-hybridized carbons (Fsp3) is 0.211. The largest absolute Gasteiger partial charge is 0.427 e. The van der Waals surface area contributed by atoms with Crippen molar-refractivity contribution in [1.82, 2.24) is 5.43 Å². The second-order valence-corrected chi connectivity index (χ2v) is 8.70. The Labute approximate surface area is 186 Å². The zero-order chi connectivity index (χ0) is 24.1. The van der Waals surface area contributed by atoms with E-state index in [1.54, 1.807) is 12.1 Å². The molecule has 0 saturated heterocycles. The van der Waals surface area contributed by atoms with Gasteiger partial charge in [0.15, 0.2) is 0 Å². The van der Waals surface area contributed by atoms with Crippen LogP contribution in [0.15, 0.2) is 47.6 Å². The van der Waals surface area contributed by atoms with Crippen LogP contribution in [0.1, 0.15) is 18.1 Å². The van der Waals surface area contributed by atoms with Crippen molar-refractivity contribution in [2.24, 2.45) is 5.10 Å². The molecule has 2 rings (SSSR count). The van der Waals surface area contributed by atoms with Crippen molar-refractivity contribution >= 4 is 45.4 Å². The lowest BCUT2D eigenvalue weighted by molar-refractivity contribution is -0.137. The van der Waals surface area contributed by atoms with Crippen molar-refractivity contribution in [3.05, 3.63) is 58.6 Å². The molecule has 0 radical (unpaired) electrons. The standard InChI is InChI=1S/C19H17ClF3N3O5S/c1-12(27)31-15-6-3-13(4-7-15)10-24-25-18(28)11-26(32(2,29)30)17-9-14(19(21,22)23)5-8-16(17)20/h3-10H,11H2,1-2H3,(H,25,28)/b24-10+. The van der Waals surface area contributed by atoms with Gasteiger partial charge in [-0.2, -0.15) is 18.3 Å². The fourth-order valence-corrected chi connectivity index (χ4v) is 3.52. The minimum absolute atomic E-state index is 0.285. The number of nitrogens with one attached hydrogen (secondary N) is 1. The number of amides is 1. The Morgan fingerprint density at radius 2 is 1.81 bits per heavy atom. The number of nitrogens with zero attached hydrogens (tertiary/aromatic N) is 2. The van der Waals surface area contributed by atoms with Gasteiger partial charge >= 0.3 is 12.1 Å². The molecule has 0 aliphatic heterocycles. The van der Waals surface area contributed by atoms with Gasteiger partial charge in [-0.3, -0.25) is 13.9 Å². The second kappa shape index (κ2) is 10.0. The minimum Gasteiger partial charge on any atom is -0.427 e. The molecule has 0 fully saturated rings. The predicted octanol–water partition coefficient (Wildman–Crippen LogP) is 3.20. The van der Waals surface area contributed by atoms with Gasteiger partial charge in [-0.1, -0.05) is 11.6 Å². The number of benzene rings is 2. The van der Waals surface area contributed by atoms with Crippen LogP contribution in [0, 0.1) is 0 Å². The molecule has 0 spiro atoms. The smallest absolute Gasteiger partial charge is 0.416 e. The molecule has 32 heavy (non-hydrogen) atoms. The lowest BCUT2D eigenvalue weighted by Gasteiger charge is -2.23. The van der Waals surface area contributed by atoms with E-state index in [-0.39, 0.29) is 5.02 Å². The van der Waals surface area contributed by atoms with Gasteiger partial charge in [-0.15, -0.1) is 0 Å². The summed E-state index contributed by atoms with van der Waals surface area (Å²) < 4.78 is 68.6. The monoisotopic (exact) mass is 491 g/mol. The number of carbonyl (C=O) groups is 2. The van der Waals surface area contributed by atoms with Crippen molar-refractivity contribution < 1.29 is 35.9 Å². The average Bonchev–Trinajstić information content (AvgIpc) is 2.66. The van der Waals surface area contributed by atoms with Crippen LogP contribution in [0.25, 0.3) is 0 Å². The third-order valence-electron chi connectivity index (χ3n) is 3.77. The Balaban J connectivity index is 2.15. The van der Waals surface area contributed by atoms with E-state index in [2.05, 4.69) is 10.5 Å². The fourth-order valence-electron chi connectivity index (χ4n) is 2.39. The van der Waals surface area contributed by atoms with Gasteiger partial charge in [0.25, 0.3) is 5.91 Å². The topological polar surface area (TPSA) is 105 Å². The number of esters is 1. The number of rotatable bonds is 7. The van der Waals surface area contributed by atoms with Gasteiger partial charge in [0.1, 0.15) is 12.3 Å². The number of hydrogen-bond donors (Lipinski definition) is 1. The molecule has 0 saturated carbocycles. The molecule has 0 bridgehead atoms. The number of hydrogen-bond acceptors (Lipinski definition) is 6. The molecule has 0 atom stereocenters. The van der Waals surface area contributed by atoms with E-state index in [4.69, 9.17) is 16.3 Å². The summed E-state index contributed by atoms with van der Waals surface area (Å²) in [5.74, 6) is -1.10. The summed E-state index contributed by atoms with van der Waals surface area (Å²) in [7, 11) is -4.16. The number of carbonyl (C=O) groups excluding carboxylic acids is 2. The number of ether oxygens (including phenoxy) is 1. The molecular formula is C19H17ClF3N3O5S. The zero-order valence-electron chi connectivity index (χ0n) is 16.7. The van der Waals surface area contributed by atoms with Crippen LogP contribution in [0.4, 0.5) is 18.9 Å². The van der Waals surface area contributed by atoms with Crippen LogP contribution in [0.2, 0.25) is 5.02 Å². The maximum Gasteiger partial charge on any atom is 0.416 e. The Kier molecular flexibility index (Phi) is 7.86. The molecule has 1 amide bonds. The minimum atomic E-state index is -4.74. The SMILES string of the molecule is CC(=O)Oc1ccc(/C=N/NC(=O)CN(c2cc(C(F)(F)F)ccc2Cl)S(C)(=O)=O)cc1. The highest BCUT2D eigenvalue weighted by Gasteiger charge is 2.33. The lowest BCUT2D eigenvalue weighted by atomic mass is 10.2. The van der Waals surface area contributed by atoms with Crippen LogP contribution in [0.5, 0.6) is 5.75 Å². The van der Waals surface area contributed by atoms with E-state index in [1.807, 2.05) is 0 Å². The van der Waals surface area contributed by atoms with Gasteiger partial charge in [0.05, 0.1) is 28.7 Å². The summed E-state index contributed by atoms with van der Waals surface area (Å²) in [5, 5.41) is 3.39. The molecule has 2 aromatic carbocycles. The van der Waals surface area contributed by atoms with Crippen molar-refractivity contribution in [2.45, 2.75) is 13.1 Å². The van der Waals surface area contributed by atoms with Gasteiger partial charge < -0.3 is 4.74 Å². The normalized spacial score (nSPS) is 11.9. The molecule has 13 heteroatoms. The molecule has 0 unspecified atom stereocenters. The average molecular weight is 492 g/mol. The Bertz CT molecular complexity index is 1140. The van der Waals surface area contributed by atoms with E-state index < -0.39 is 45.9 Å². The highest BCUT2D eigenvalue weighted by molar-refractivity contribution is 7.92. The summed E-state index contributed by atoms with van der Waals surface area (Å²) in [6, 6.07) is 8.21. The van der Waals surface area contributed by atoms with Crippen molar-refractivity contribution in [2.75, 3.05) is 17.1 Å². The van der Waals surface area contributed by atoms with E-state index in [0.29, 0.717) is 27.8 Å². The Hall–Kier alpha value is -3.12. The van der Waals surface area contributed by atoms with Crippen molar-refractivity contribution in [3.63, 3.8) is 0 Å². The molecule has 2 aromatic rings. The molecule has 1 N–H and O–H groups in total. The molecule has 8 nitrogen and oxygen atoms in total. The van der Waals surface area contributed by atoms with Gasteiger partial charge in [0.2, 0.25) is 10.0 Å². The number of hydrazone groups is 1. The van der Waals surface area contributed by atoms with E-state index >= 15 is 0 Å².